The van der Waals surface area contributed by atoms with Gasteiger partial charge in [-0.25, -0.2) is 0 Å². The highest BCUT2D eigenvalue weighted by atomic mass is 16.5. The number of H-pyrrole nitrogens is 1. The smallest absolute Gasteiger partial charge is 0.256 e. The number of nitrogens with one attached hydrogen (secondary N) is 2. The molecule has 130 valence electrons. The van der Waals surface area contributed by atoms with E-state index in [1.807, 2.05) is 31.2 Å². The maximum Gasteiger partial charge on any atom is 0.256 e. The standard InChI is InChI=1S/C18H19N3O4/c1-11-3-2-4-14-15(11)7-16(21-18(14)23)12-5-6-17(19-8-12)25-13(10-22)9-20-24/h2-7,13,19,22H,8-10H2,1H3,(H,21,23). The first-order valence-corrected chi connectivity index (χ1v) is 7.96. The Morgan fingerprint density at radius 2 is 2.16 bits per heavy atom. The molecule has 1 atom stereocenters. The summed E-state index contributed by atoms with van der Waals surface area (Å²) in [6.45, 7) is 2.01. The Bertz CT molecular complexity index is 914. The number of allylic oxidation sites excluding steroid dienone is 2. The van der Waals surface area contributed by atoms with Crippen LogP contribution in [0, 0.1) is 11.8 Å². The zero-order valence-corrected chi connectivity index (χ0v) is 13.8. The van der Waals surface area contributed by atoms with Crippen molar-refractivity contribution in [1.29, 1.82) is 0 Å². The predicted molar refractivity (Wildman–Crippen MR) is 96.0 cm³/mol. The van der Waals surface area contributed by atoms with Crippen molar-refractivity contribution in [1.82, 2.24) is 10.3 Å². The fraction of sp³-hybridized carbons (Fsp3) is 0.278. The van der Waals surface area contributed by atoms with Crippen molar-refractivity contribution >= 4 is 16.3 Å². The number of rotatable bonds is 6. The molecule has 1 aliphatic rings. The Morgan fingerprint density at radius 3 is 2.84 bits per heavy atom. The third-order valence-electron chi connectivity index (χ3n) is 4.12. The maximum atomic E-state index is 12.3. The molecule has 0 amide bonds. The second-order valence-corrected chi connectivity index (χ2v) is 5.86. The topological polar surface area (TPSA) is 104 Å². The van der Waals surface area contributed by atoms with Gasteiger partial charge in [-0.2, -0.15) is 4.91 Å². The molecular formula is C18H19N3O4. The number of hydrogen-bond donors (Lipinski definition) is 3. The second kappa shape index (κ2) is 7.31. The van der Waals surface area contributed by atoms with E-state index in [4.69, 9.17) is 9.84 Å². The summed E-state index contributed by atoms with van der Waals surface area (Å²) in [6.07, 6.45) is 2.87. The van der Waals surface area contributed by atoms with E-state index in [2.05, 4.69) is 15.5 Å². The molecular weight excluding hydrogens is 322 g/mol. The zero-order valence-electron chi connectivity index (χ0n) is 13.8. The Morgan fingerprint density at radius 1 is 1.32 bits per heavy atom. The highest BCUT2D eigenvalue weighted by Gasteiger charge is 2.15. The van der Waals surface area contributed by atoms with Crippen LogP contribution in [-0.4, -0.2) is 35.9 Å². The van der Waals surface area contributed by atoms with Gasteiger partial charge in [0.15, 0.2) is 5.88 Å². The van der Waals surface area contributed by atoms with Crippen molar-refractivity contribution in [3.63, 3.8) is 0 Å². The number of aliphatic hydroxyl groups excluding tert-OH is 1. The number of benzene rings is 1. The van der Waals surface area contributed by atoms with Crippen LogP contribution in [-0.2, 0) is 4.74 Å². The summed E-state index contributed by atoms with van der Waals surface area (Å²) in [7, 11) is 0. The minimum absolute atomic E-state index is 0.122. The van der Waals surface area contributed by atoms with E-state index in [9.17, 15) is 9.70 Å². The van der Waals surface area contributed by atoms with E-state index in [1.165, 1.54) is 0 Å². The molecule has 3 rings (SSSR count). The monoisotopic (exact) mass is 341 g/mol. The fourth-order valence-corrected chi connectivity index (χ4v) is 2.75. The van der Waals surface area contributed by atoms with E-state index in [0.717, 1.165) is 22.2 Å². The Kier molecular flexibility index (Phi) is 4.95. The molecule has 0 spiro atoms. The van der Waals surface area contributed by atoms with Gasteiger partial charge < -0.3 is 20.1 Å². The van der Waals surface area contributed by atoms with Crippen LogP contribution in [0.2, 0.25) is 0 Å². The number of aromatic nitrogens is 1. The molecule has 0 saturated heterocycles. The van der Waals surface area contributed by atoms with Gasteiger partial charge in [-0.15, -0.1) is 0 Å². The number of pyridine rings is 1. The van der Waals surface area contributed by atoms with Gasteiger partial charge in [0.2, 0.25) is 0 Å². The van der Waals surface area contributed by atoms with Crippen molar-refractivity contribution in [2.24, 2.45) is 5.18 Å². The Balaban J connectivity index is 1.88. The number of aromatic amines is 1. The van der Waals surface area contributed by atoms with Gasteiger partial charge in [-0.05, 0) is 47.7 Å². The molecule has 25 heavy (non-hydrogen) atoms. The summed E-state index contributed by atoms with van der Waals surface area (Å²) in [5.74, 6) is 0.450. The van der Waals surface area contributed by atoms with Crippen molar-refractivity contribution in [2.45, 2.75) is 13.0 Å². The van der Waals surface area contributed by atoms with E-state index in [1.54, 1.807) is 12.1 Å². The third kappa shape index (κ3) is 3.61. The van der Waals surface area contributed by atoms with E-state index in [0.29, 0.717) is 17.8 Å². The summed E-state index contributed by atoms with van der Waals surface area (Å²) >= 11 is 0. The molecule has 1 unspecified atom stereocenters. The number of hydrogen-bond acceptors (Lipinski definition) is 6. The first-order valence-electron chi connectivity index (χ1n) is 7.96. The largest absolute Gasteiger partial charge is 0.471 e. The number of dihydropyridines is 1. The van der Waals surface area contributed by atoms with Gasteiger partial charge in [-0.3, -0.25) is 4.79 Å². The van der Waals surface area contributed by atoms with Gasteiger partial charge in [-0.1, -0.05) is 17.3 Å². The SMILES string of the molecule is Cc1cccc2c(=O)[nH]c(C3=CC=C(OC(CO)CN=O)NC3)cc12. The van der Waals surface area contributed by atoms with Crippen molar-refractivity contribution in [2.75, 3.05) is 19.7 Å². The molecule has 7 nitrogen and oxygen atoms in total. The summed E-state index contributed by atoms with van der Waals surface area (Å²) < 4.78 is 5.47. The van der Waals surface area contributed by atoms with Crippen LogP contribution in [0.4, 0.5) is 0 Å². The summed E-state index contributed by atoms with van der Waals surface area (Å²) in [5.41, 5.74) is 2.56. The van der Waals surface area contributed by atoms with Gasteiger partial charge in [0.25, 0.3) is 5.56 Å². The molecule has 3 N–H and O–H groups in total. The van der Waals surface area contributed by atoms with E-state index >= 15 is 0 Å². The van der Waals surface area contributed by atoms with Crippen LogP contribution in [0.1, 0.15) is 11.3 Å². The average Bonchev–Trinajstić information content (AvgIpc) is 2.62. The van der Waals surface area contributed by atoms with E-state index in [-0.39, 0.29) is 18.7 Å². The highest BCUT2D eigenvalue weighted by Crippen LogP contribution is 2.21. The van der Waals surface area contributed by atoms with Crippen LogP contribution >= 0.6 is 0 Å². The molecule has 1 aromatic carbocycles. The van der Waals surface area contributed by atoms with E-state index < -0.39 is 6.10 Å². The summed E-state index contributed by atoms with van der Waals surface area (Å²) in [5, 5.41) is 16.5. The lowest BCUT2D eigenvalue weighted by Crippen LogP contribution is -2.28. The lowest BCUT2D eigenvalue weighted by Gasteiger charge is -2.21. The number of fused-ring (bicyclic) bond motifs is 1. The lowest BCUT2D eigenvalue weighted by atomic mass is 10.0. The second-order valence-electron chi connectivity index (χ2n) is 5.86. The number of nitrogens with zero attached hydrogens (tertiary/aromatic N) is 1. The Hall–Kier alpha value is -2.93. The molecule has 0 saturated carbocycles. The van der Waals surface area contributed by atoms with Crippen LogP contribution in [0.3, 0.4) is 0 Å². The molecule has 7 heteroatoms. The number of aryl methyl sites for hydroxylation is 1. The van der Waals surface area contributed by atoms with Crippen LogP contribution in [0.25, 0.3) is 16.3 Å². The molecule has 2 heterocycles. The number of ether oxygens (including phenoxy) is 1. The minimum atomic E-state index is -0.672. The number of nitroso groups, excluding NO2 is 1. The molecule has 1 aliphatic heterocycles. The van der Waals surface area contributed by atoms with Crippen molar-refractivity contribution in [3.8, 4) is 0 Å². The molecule has 0 fully saturated rings. The van der Waals surface area contributed by atoms with Gasteiger partial charge in [0.1, 0.15) is 12.6 Å². The van der Waals surface area contributed by atoms with Crippen LogP contribution in [0.15, 0.2) is 52.3 Å². The van der Waals surface area contributed by atoms with Gasteiger partial charge >= 0.3 is 0 Å². The molecule has 0 bridgehead atoms. The van der Waals surface area contributed by atoms with Gasteiger partial charge in [0.05, 0.1) is 6.61 Å². The third-order valence-corrected chi connectivity index (χ3v) is 4.12. The predicted octanol–water partition coefficient (Wildman–Crippen LogP) is 1.81. The normalized spacial score (nSPS) is 15.1. The maximum absolute atomic E-state index is 12.3. The molecule has 0 aliphatic carbocycles. The zero-order chi connectivity index (χ0) is 17.8. The summed E-state index contributed by atoms with van der Waals surface area (Å²) in [4.78, 5) is 25.5. The average molecular weight is 341 g/mol. The highest BCUT2D eigenvalue weighted by molar-refractivity contribution is 5.87. The lowest BCUT2D eigenvalue weighted by molar-refractivity contribution is 0.0561. The quantitative estimate of drug-likeness (QED) is 0.695. The van der Waals surface area contributed by atoms with Gasteiger partial charge in [0, 0.05) is 17.6 Å². The first-order chi connectivity index (χ1) is 12.1. The summed E-state index contributed by atoms with van der Waals surface area (Å²) in [6, 6.07) is 7.61. The molecule has 1 aromatic heterocycles. The Labute approximate surface area is 144 Å². The molecule has 0 radical (unpaired) electrons. The fourth-order valence-electron chi connectivity index (χ4n) is 2.75. The number of aliphatic hydroxyl groups is 1. The minimum Gasteiger partial charge on any atom is -0.471 e. The molecule has 2 aromatic rings. The first kappa shape index (κ1) is 16.9. The van der Waals surface area contributed by atoms with Crippen molar-refractivity contribution in [3.05, 3.63) is 68.8 Å². The van der Waals surface area contributed by atoms with Crippen LogP contribution in [0.5, 0.6) is 0 Å². The van der Waals surface area contributed by atoms with Crippen molar-refractivity contribution < 1.29 is 9.84 Å². The van der Waals surface area contributed by atoms with Crippen LogP contribution < -0.4 is 10.9 Å².